The van der Waals surface area contributed by atoms with Gasteiger partial charge >= 0.3 is 0 Å². The fraction of sp³-hybridized carbons (Fsp3) is 0.667. The highest BCUT2D eigenvalue weighted by Crippen LogP contribution is 2.41. The zero-order valence-corrected chi connectivity index (χ0v) is 12.6. The third kappa shape index (κ3) is 2.45. The van der Waals surface area contributed by atoms with Crippen molar-refractivity contribution in [2.24, 2.45) is 0 Å². The third-order valence-electron chi connectivity index (χ3n) is 3.14. The molecule has 1 aliphatic heterocycles. The number of aryl methyl sites for hydroxylation is 1. The first-order valence-electron chi connectivity index (χ1n) is 5.98. The molecule has 1 aromatic heterocycles. The molecule has 1 atom stereocenters. The lowest BCUT2D eigenvalue weighted by Gasteiger charge is -2.21. The Morgan fingerprint density at radius 2 is 2.47 bits per heavy atom. The molecule has 1 saturated heterocycles. The van der Waals surface area contributed by atoms with Crippen molar-refractivity contribution in [2.45, 2.75) is 44.4 Å². The molecule has 2 heterocycles. The monoisotopic (exact) mass is 316 g/mol. The third-order valence-corrected chi connectivity index (χ3v) is 5.24. The molecular weight excluding hydrogens is 300 g/mol. The van der Waals surface area contributed by atoms with E-state index in [0.717, 1.165) is 41.7 Å². The van der Waals surface area contributed by atoms with E-state index in [2.05, 4.69) is 34.9 Å². The molecule has 17 heavy (non-hydrogen) atoms. The van der Waals surface area contributed by atoms with E-state index in [-0.39, 0.29) is 10.5 Å². The van der Waals surface area contributed by atoms with Crippen molar-refractivity contribution in [3.05, 3.63) is 16.4 Å². The van der Waals surface area contributed by atoms with E-state index in [9.17, 15) is 4.79 Å². The molecule has 0 amide bonds. The highest BCUT2D eigenvalue weighted by Gasteiger charge is 2.40. The highest BCUT2D eigenvalue weighted by molar-refractivity contribution is 9.10. The maximum absolute atomic E-state index is 12.6. The Morgan fingerprint density at radius 3 is 3.06 bits per heavy atom. The number of rotatable bonds is 4. The number of hydrogen-bond acceptors (Lipinski definition) is 3. The summed E-state index contributed by atoms with van der Waals surface area (Å²) in [6.45, 7) is 4.95. The molecule has 1 fully saturated rings. The van der Waals surface area contributed by atoms with Crippen LogP contribution in [0.3, 0.4) is 0 Å². The fourth-order valence-corrected chi connectivity index (χ4v) is 3.91. The van der Waals surface area contributed by atoms with Gasteiger partial charge in [-0.1, -0.05) is 6.92 Å². The normalized spacial score (nSPS) is 24.2. The van der Waals surface area contributed by atoms with Gasteiger partial charge in [0.05, 0.1) is 15.4 Å². The van der Waals surface area contributed by atoms with Crippen molar-refractivity contribution in [3.8, 4) is 0 Å². The van der Waals surface area contributed by atoms with Crippen LogP contribution in [0.5, 0.6) is 0 Å². The predicted molar refractivity (Wildman–Crippen MR) is 74.6 cm³/mol. The van der Waals surface area contributed by atoms with Crippen LogP contribution in [0.25, 0.3) is 0 Å². The number of halogens is 1. The summed E-state index contributed by atoms with van der Waals surface area (Å²) in [5.74, 6) is 1.31. The van der Waals surface area contributed by atoms with Crippen LogP contribution in [0.4, 0.5) is 0 Å². The smallest absolute Gasteiger partial charge is 0.197 e. The van der Waals surface area contributed by atoms with Crippen LogP contribution in [0.2, 0.25) is 0 Å². The van der Waals surface area contributed by atoms with Gasteiger partial charge in [-0.3, -0.25) is 9.48 Å². The summed E-state index contributed by atoms with van der Waals surface area (Å²) in [7, 11) is 0. The van der Waals surface area contributed by atoms with Gasteiger partial charge in [0, 0.05) is 6.54 Å². The van der Waals surface area contributed by atoms with Crippen LogP contribution in [-0.4, -0.2) is 26.1 Å². The second-order valence-corrected chi connectivity index (χ2v) is 7.03. The maximum Gasteiger partial charge on any atom is 0.197 e. The number of thioether (sulfide) groups is 1. The van der Waals surface area contributed by atoms with Crippen molar-refractivity contribution in [1.29, 1.82) is 0 Å². The minimum atomic E-state index is -0.256. The summed E-state index contributed by atoms with van der Waals surface area (Å²) in [5, 5.41) is 4.27. The first kappa shape index (κ1) is 13.1. The largest absolute Gasteiger partial charge is 0.291 e. The molecule has 0 radical (unpaired) electrons. The van der Waals surface area contributed by atoms with Gasteiger partial charge in [-0.2, -0.15) is 5.10 Å². The molecule has 0 N–H and O–H groups in total. The summed E-state index contributed by atoms with van der Waals surface area (Å²) in [6, 6.07) is 0. The maximum atomic E-state index is 12.6. The Balaban J connectivity index is 2.32. The SMILES string of the molecule is CCCn1ncc(Br)c1C(=O)C1(C)CCCS1. The van der Waals surface area contributed by atoms with Crippen molar-refractivity contribution >= 4 is 33.5 Å². The van der Waals surface area contributed by atoms with E-state index in [1.165, 1.54) is 0 Å². The van der Waals surface area contributed by atoms with Gasteiger partial charge in [-0.15, -0.1) is 11.8 Å². The molecule has 5 heteroatoms. The van der Waals surface area contributed by atoms with Crippen molar-refractivity contribution < 1.29 is 4.79 Å². The lowest BCUT2D eigenvalue weighted by molar-refractivity contribution is 0.0937. The lowest BCUT2D eigenvalue weighted by Crippen LogP contribution is -2.31. The van der Waals surface area contributed by atoms with Gasteiger partial charge in [0.25, 0.3) is 0 Å². The zero-order valence-electron chi connectivity index (χ0n) is 10.2. The first-order chi connectivity index (χ1) is 8.08. The second kappa shape index (κ2) is 5.14. The Morgan fingerprint density at radius 1 is 1.71 bits per heavy atom. The van der Waals surface area contributed by atoms with Gasteiger partial charge in [0.1, 0.15) is 5.69 Å². The molecule has 3 nitrogen and oxygen atoms in total. The average molecular weight is 317 g/mol. The molecule has 94 valence electrons. The van der Waals surface area contributed by atoms with Crippen molar-refractivity contribution in [3.63, 3.8) is 0 Å². The van der Waals surface area contributed by atoms with Gasteiger partial charge in [-0.05, 0) is 47.9 Å². The Bertz CT molecular complexity index is 424. The van der Waals surface area contributed by atoms with E-state index in [0.29, 0.717) is 0 Å². The molecule has 1 unspecified atom stereocenters. The highest BCUT2D eigenvalue weighted by atomic mass is 79.9. The molecule has 0 aliphatic carbocycles. The quantitative estimate of drug-likeness (QED) is 0.797. The minimum absolute atomic E-state index is 0.220. The van der Waals surface area contributed by atoms with Crippen LogP contribution in [0.15, 0.2) is 10.7 Å². The second-order valence-electron chi connectivity index (χ2n) is 4.58. The summed E-state index contributed by atoms with van der Waals surface area (Å²) in [5.41, 5.74) is 0.740. The standard InChI is InChI=1S/C12H17BrN2OS/c1-3-6-15-10(9(13)8-14-15)11(16)12(2)5-4-7-17-12/h8H,3-7H2,1-2H3. The number of carbonyl (C=O) groups is 1. The van der Waals surface area contributed by atoms with Crippen molar-refractivity contribution in [1.82, 2.24) is 9.78 Å². The summed E-state index contributed by atoms with van der Waals surface area (Å²) < 4.78 is 2.40. The zero-order chi connectivity index (χ0) is 12.5. The fourth-order valence-electron chi connectivity index (χ4n) is 2.18. The Labute approximate surface area is 114 Å². The molecule has 2 rings (SSSR count). The molecule has 1 aliphatic rings. The molecule has 0 aromatic carbocycles. The molecule has 0 spiro atoms. The number of carbonyl (C=O) groups excluding carboxylic acids is 1. The minimum Gasteiger partial charge on any atom is -0.291 e. The number of nitrogens with zero attached hydrogens (tertiary/aromatic N) is 2. The number of hydrogen-bond donors (Lipinski definition) is 0. The van der Waals surface area contributed by atoms with E-state index in [1.807, 2.05) is 4.68 Å². The summed E-state index contributed by atoms with van der Waals surface area (Å²) >= 11 is 5.22. The van der Waals surface area contributed by atoms with E-state index < -0.39 is 0 Å². The molecule has 1 aromatic rings. The van der Waals surface area contributed by atoms with Crippen LogP contribution >= 0.6 is 27.7 Å². The van der Waals surface area contributed by atoms with Gasteiger partial charge < -0.3 is 0 Å². The van der Waals surface area contributed by atoms with Gasteiger partial charge in [0.2, 0.25) is 0 Å². The first-order valence-corrected chi connectivity index (χ1v) is 7.76. The molecule has 0 saturated carbocycles. The summed E-state index contributed by atoms with van der Waals surface area (Å²) in [4.78, 5) is 12.6. The number of aromatic nitrogens is 2. The lowest BCUT2D eigenvalue weighted by atomic mass is 9.98. The number of Topliss-reactive ketones (excluding diaryl/α,β-unsaturated/α-hetero) is 1. The van der Waals surface area contributed by atoms with Gasteiger partial charge in [0.15, 0.2) is 5.78 Å². The van der Waals surface area contributed by atoms with Gasteiger partial charge in [-0.25, -0.2) is 0 Å². The number of ketones is 1. The van der Waals surface area contributed by atoms with Crippen molar-refractivity contribution in [2.75, 3.05) is 5.75 Å². The average Bonchev–Trinajstić information content (AvgIpc) is 2.87. The van der Waals surface area contributed by atoms with Crippen LogP contribution in [-0.2, 0) is 6.54 Å². The van der Waals surface area contributed by atoms with Crippen LogP contribution in [0.1, 0.15) is 43.6 Å². The van der Waals surface area contributed by atoms with Crippen LogP contribution < -0.4 is 0 Å². The topological polar surface area (TPSA) is 34.9 Å². The van der Waals surface area contributed by atoms with E-state index in [1.54, 1.807) is 18.0 Å². The Kier molecular flexibility index (Phi) is 3.98. The molecule has 0 bridgehead atoms. The van der Waals surface area contributed by atoms with Crippen LogP contribution in [0, 0.1) is 0 Å². The Hall–Kier alpha value is -0.290. The van der Waals surface area contributed by atoms with E-state index >= 15 is 0 Å². The summed E-state index contributed by atoms with van der Waals surface area (Å²) in [6.07, 6.45) is 4.82. The molecular formula is C12H17BrN2OS. The predicted octanol–water partition coefficient (Wildman–Crippen LogP) is 3.52. The van der Waals surface area contributed by atoms with E-state index in [4.69, 9.17) is 0 Å².